The van der Waals surface area contributed by atoms with Gasteiger partial charge in [-0.05, 0) is 25.1 Å². The molecule has 0 aliphatic carbocycles. The van der Waals surface area contributed by atoms with Crippen molar-refractivity contribution in [1.29, 1.82) is 0 Å². The Hall–Kier alpha value is -2.63. The monoisotopic (exact) mass is 316 g/mol. The Morgan fingerprint density at radius 1 is 1.26 bits per heavy atom. The van der Waals surface area contributed by atoms with Crippen LogP contribution in [0.2, 0.25) is 0 Å². The first-order valence-corrected chi connectivity index (χ1v) is 7.32. The van der Waals surface area contributed by atoms with Crippen molar-refractivity contribution in [3.05, 3.63) is 59.7 Å². The molecule has 2 heterocycles. The average Bonchev–Trinajstić information content (AvgIpc) is 2.48. The molecule has 2 aliphatic heterocycles. The van der Waals surface area contributed by atoms with Gasteiger partial charge in [-0.15, -0.1) is 0 Å². The summed E-state index contributed by atoms with van der Waals surface area (Å²) in [6.07, 6.45) is 0.465. The Labute approximate surface area is 131 Å². The highest BCUT2D eigenvalue weighted by Crippen LogP contribution is 2.45. The van der Waals surface area contributed by atoms with Crippen molar-refractivity contribution >= 4 is 11.7 Å². The molecule has 0 aromatic heterocycles. The summed E-state index contributed by atoms with van der Waals surface area (Å²) in [5.74, 6) is -0.845. The second-order valence-corrected chi connectivity index (χ2v) is 5.95. The van der Waals surface area contributed by atoms with Gasteiger partial charge in [-0.2, -0.15) is 0 Å². The van der Waals surface area contributed by atoms with E-state index in [1.807, 2.05) is 24.3 Å². The molecule has 0 radical (unpaired) electrons. The molecule has 1 saturated heterocycles. The van der Waals surface area contributed by atoms with Crippen LogP contribution in [0.5, 0.6) is 5.75 Å². The SMILES string of the molecule is C[C@]12C[C@@H](NC(=O)N1c1ccc(F)cc1F)c1ccccc1O2. The van der Waals surface area contributed by atoms with E-state index in [9.17, 15) is 13.6 Å². The third kappa shape index (κ3) is 2.05. The van der Waals surface area contributed by atoms with Crippen molar-refractivity contribution in [2.75, 3.05) is 4.90 Å². The zero-order chi connectivity index (χ0) is 16.2. The Morgan fingerprint density at radius 3 is 2.83 bits per heavy atom. The summed E-state index contributed by atoms with van der Waals surface area (Å²) in [4.78, 5) is 13.8. The van der Waals surface area contributed by atoms with Gasteiger partial charge in [-0.25, -0.2) is 13.6 Å². The summed E-state index contributed by atoms with van der Waals surface area (Å²) in [5.41, 5.74) is -0.151. The number of nitrogens with one attached hydrogen (secondary N) is 1. The molecule has 4 rings (SSSR count). The zero-order valence-corrected chi connectivity index (χ0v) is 12.3. The molecule has 2 aliphatic rings. The predicted molar refractivity (Wildman–Crippen MR) is 80.2 cm³/mol. The number of para-hydroxylation sites is 1. The quantitative estimate of drug-likeness (QED) is 0.871. The molecular weight excluding hydrogens is 302 g/mol. The highest BCUT2D eigenvalue weighted by molar-refractivity contribution is 5.95. The number of fused-ring (bicyclic) bond motifs is 4. The molecular formula is C17H14F2N2O2. The summed E-state index contributed by atoms with van der Waals surface area (Å²) in [6.45, 7) is 1.73. The highest BCUT2D eigenvalue weighted by atomic mass is 19.1. The van der Waals surface area contributed by atoms with Crippen LogP contribution >= 0.6 is 0 Å². The maximum absolute atomic E-state index is 14.2. The molecule has 6 heteroatoms. The summed E-state index contributed by atoms with van der Waals surface area (Å²) >= 11 is 0. The summed E-state index contributed by atoms with van der Waals surface area (Å²) in [6, 6.07) is 9.90. The lowest BCUT2D eigenvalue weighted by atomic mass is 9.90. The molecule has 2 bridgehead atoms. The number of ether oxygens (including phenoxy) is 1. The smallest absolute Gasteiger partial charge is 0.325 e. The van der Waals surface area contributed by atoms with Crippen LogP contribution in [0.4, 0.5) is 19.3 Å². The number of rotatable bonds is 1. The van der Waals surface area contributed by atoms with Gasteiger partial charge in [0, 0.05) is 18.1 Å². The summed E-state index contributed by atoms with van der Waals surface area (Å²) in [7, 11) is 0. The van der Waals surface area contributed by atoms with Crippen molar-refractivity contribution in [3.8, 4) is 5.75 Å². The van der Waals surface area contributed by atoms with Gasteiger partial charge in [-0.3, -0.25) is 4.90 Å². The lowest BCUT2D eigenvalue weighted by Gasteiger charge is -2.50. The van der Waals surface area contributed by atoms with Crippen LogP contribution in [0.3, 0.4) is 0 Å². The van der Waals surface area contributed by atoms with Crippen LogP contribution in [0, 0.1) is 11.6 Å². The van der Waals surface area contributed by atoms with E-state index in [2.05, 4.69) is 5.32 Å². The van der Waals surface area contributed by atoms with E-state index in [4.69, 9.17) is 4.74 Å². The minimum atomic E-state index is -1.04. The van der Waals surface area contributed by atoms with Crippen molar-refractivity contribution < 1.29 is 18.3 Å². The minimum Gasteiger partial charge on any atom is -0.467 e. The molecule has 2 aromatic carbocycles. The van der Waals surface area contributed by atoms with Crippen LogP contribution < -0.4 is 15.0 Å². The third-order valence-electron chi connectivity index (χ3n) is 4.33. The number of amides is 2. The molecule has 1 N–H and O–H groups in total. The lowest BCUT2D eigenvalue weighted by molar-refractivity contribution is 0.0373. The molecule has 0 unspecified atom stereocenters. The molecule has 23 heavy (non-hydrogen) atoms. The van der Waals surface area contributed by atoms with Gasteiger partial charge in [0.1, 0.15) is 17.4 Å². The molecule has 1 fully saturated rings. The summed E-state index contributed by atoms with van der Waals surface area (Å²) in [5, 5.41) is 2.87. The fourth-order valence-corrected chi connectivity index (χ4v) is 3.35. The molecule has 2 aromatic rings. The van der Waals surface area contributed by atoms with Crippen molar-refractivity contribution in [2.45, 2.75) is 25.1 Å². The van der Waals surface area contributed by atoms with Crippen LogP contribution in [0.25, 0.3) is 0 Å². The number of nitrogens with zero attached hydrogens (tertiary/aromatic N) is 1. The number of carbonyl (C=O) groups is 1. The zero-order valence-electron chi connectivity index (χ0n) is 12.3. The van der Waals surface area contributed by atoms with E-state index in [-0.39, 0.29) is 11.7 Å². The molecule has 0 saturated carbocycles. The average molecular weight is 316 g/mol. The number of hydrogen-bond donors (Lipinski definition) is 1. The number of carbonyl (C=O) groups excluding carboxylic acids is 1. The second-order valence-electron chi connectivity index (χ2n) is 5.95. The Balaban J connectivity index is 1.83. The van der Waals surface area contributed by atoms with Gasteiger partial charge in [0.25, 0.3) is 0 Å². The minimum absolute atomic E-state index is 0.00997. The number of benzene rings is 2. The third-order valence-corrected chi connectivity index (χ3v) is 4.33. The number of urea groups is 1. The molecule has 2 atom stereocenters. The molecule has 4 nitrogen and oxygen atoms in total. The normalized spacial score (nSPS) is 25.4. The maximum atomic E-state index is 14.2. The van der Waals surface area contributed by atoms with Crippen LogP contribution in [0.1, 0.15) is 24.9 Å². The van der Waals surface area contributed by atoms with Crippen molar-refractivity contribution in [1.82, 2.24) is 5.32 Å². The Kier molecular flexibility index (Phi) is 2.85. The molecule has 0 spiro atoms. The first-order chi connectivity index (χ1) is 11.0. The van der Waals surface area contributed by atoms with Crippen LogP contribution in [-0.2, 0) is 0 Å². The van der Waals surface area contributed by atoms with E-state index >= 15 is 0 Å². The summed E-state index contributed by atoms with van der Waals surface area (Å²) < 4.78 is 33.4. The number of hydrogen-bond acceptors (Lipinski definition) is 2. The van der Waals surface area contributed by atoms with E-state index in [1.165, 1.54) is 11.0 Å². The van der Waals surface area contributed by atoms with E-state index in [1.54, 1.807) is 6.92 Å². The first kappa shape index (κ1) is 14.0. The van der Waals surface area contributed by atoms with Gasteiger partial charge in [-0.1, -0.05) is 18.2 Å². The fraction of sp³-hybridized carbons (Fsp3) is 0.235. The van der Waals surface area contributed by atoms with Crippen LogP contribution in [-0.4, -0.2) is 11.8 Å². The van der Waals surface area contributed by atoms with Crippen molar-refractivity contribution in [2.24, 2.45) is 0 Å². The Morgan fingerprint density at radius 2 is 2.04 bits per heavy atom. The van der Waals surface area contributed by atoms with Gasteiger partial charge in [0.2, 0.25) is 0 Å². The van der Waals surface area contributed by atoms with E-state index < -0.39 is 23.4 Å². The second kappa shape index (κ2) is 4.68. The maximum Gasteiger partial charge on any atom is 0.325 e. The first-order valence-electron chi connectivity index (χ1n) is 7.32. The number of anilines is 1. The van der Waals surface area contributed by atoms with Crippen LogP contribution in [0.15, 0.2) is 42.5 Å². The predicted octanol–water partition coefficient (Wildman–Crippen LogP) is 3.73. The fourth-order valence-electron chi connectivity index (χ4n) is 3.35. The molecule has 118 valence electrons. The standard InChI is InChI=1S/C17H14F2N2O2/c1-17-9-13(11-4-2-3-5-15(11)23-17)20-16(22)21(17)14-7-6-10(18)8-12(14)19/h2-8,13H,9H2,1H3,(H,20,22)/t13-,17+/m1/s1. The van der Waals surface area contributed by atoms with Crippen molar-refractivity contribution in [3.63, 3.8) is 0 Å². The van der Waals surface area contributed by atoms with Gasteiger partial charge >= 0.3 is 6.03 Å². The topological polar surface area (TPSA) is 41.6 Å². The molecule has 2 amide bonds. The lowest BCUT2D eigenvalue weighted by Crippen LogP contribution is -2.65. The Bertz CT molecular complexity index is 811. The van der Waals surface area contributed by atoms with Gasteiger partial charge in [0.05, 0.1) is 11.7 Å². The van der Waals surface area contributed by atoms with E-state index in [0.29, 0.717) is 12.2 Å². The number of halogens is 2. The highest BCUT2D eigenvalue weighted by Gasteiger charge is 2.50. The van der Waals surface area contributed by atoms with Gasteiger partial charge < -0.3 is 10.1 Å². The van der Waals surface area contributed by atoms with E-state index in [0.717, 1.165) is 17.7 Å². The van der Waals surface area contributed by atoms with Gasteiger partial charge in [0.15, 0.2) is 5.72 Å². The largest absolute Gasteiger partial charge is 0.467 e.